The Balaban J connectivity index is 2.32. The topological polar surface area (TPSA) is 42.7 Å². The molecule has 0 saturated heterocycles. The van der Waals surface area contributed by atoms with Gasteiger partial charge in [-0.05, 0) is 12.3 Å². The molecule has 1 aromatic heterocycles. The molecule has 1 N–H and O–H groups in total. The molecule has 1 aliphatic heterocycles. The van der Waals surface area contributed by atoms with Gasteiger partial charge in [-0.3, -0.25) is 0 Å². The summed E-state index contributed by atoms with van der Waals surface area (Å²) >= 11 is 0. The van der Waals surface area contributed by atoms with Crippen molar-refractivity contribution in [3.63, 3.8) is 0 Å². The van der Waals surface area contributed by atoms with Crippen LogP contribution < -0.4 is 5.32 Å². The maximum atomic E-state index is 12.7. The number of aromatic nitrogens is 3. The summed E-state index contributed by atoms with van der Waals surface area (Å²) in [6.45, 7) is 4.85. The van der Waals surface area contributed by atoms with E-state index in [0.717, 1.165) is 6.42 Å². The molecule has 96 valence electrons. The summed E-state index contributed by atoms with van der Waals surface area (Å²) in [4.78, 5) is 0. The number of nitrogens with zero attached hydrogens (tertiary/aromatic N) is 3. The van der Waals surface area contributed by atoms with Crippen molar-refractivity contribution in [1.82, 2.24) is 20.1 Å². The number of fused-ring (bicyclic) bond motifs is 1. The molecule has 1 atom stereocenters. The Hall–Kier alpha value is -1.11. The summed E-state index contributed by atoms with van der Waals surface area (Å²) < 4.78 is 39.1. The van der Waals surface area contributed by atoms with Crippen LogP contribution in [0.25, 0.3) is 0 Å². The van der Waals surface area contributed by atoms with E-state index in [1.165, 1.54) is 4.57 Å². The quantitative estimate of drug-likeness (QED) is 0.870. The van der Waals surface area contributed by atoms with Crippen molar-refractivity contribution in [2.75, 3.05) is 6.54 Å². The molecule has 0 radical (unpaired) electrons. The van der Waals surface area contributed by atoms with Crippen LogP contribution in [-0.4, -0.2) is 21.3 Å². The van der Waals surface area contributed by atoms with E-state index in [2.05, 4.69) is 15.5 Å². The Morgan fingerprint density at radius 3 is 2.71 bits per heavy atom. The first kappa shape index (κ1) is 12.3. The highest BCUT2D eigenvalue weighted by atomic mass is 19.4. The highest BCUT2D eigenvalue weighted by Crippen LogP contribution is 2.31. The molecule has 7 heteroatoms. The largest absolute Gasteiger partial charge is 0.451 e. The van der Waals surface area contributed by atoms with Crippen LogP contribution in [0, 0.1) is 5.92 Å². The molecule has 0 aliphatic carbocycles. The molecule has 4 nitrogen and oxygen atoms in total. The zero-order valence-electron chi connectivity index (χ0n) is 9.75. The zero-order chi connectivity index (χ0) is 12.6. The monoisotopic (exact) mass is 248 g/mol. The van der Waals surface area contributed by atoms with E-state index in [9.17, 15) is 13.2 Å². The molecule has 1 aliphatic rings. The van der Waals surface area contributed by atoms with Gasteiger partial charge in [0.15, 0.2) is 5.82 Å². The molecular weight excluding hydrogens is 233 g/mol. The summed E-state index contributed by atoms with van der Waals surface area (Å²) in [5.41, 5.74) is 0. The van der Waals surface area contributed by atoms with Gasteiger partial charge in [0, 0.05) is 13.1 Å². The number of hydrogen-bond acceptors (Lipinski definition) is 3. The van der Waals surface area contributed by atoms with E-state index in [4.69, 9.17) is 0 Å². The third kappa shape index (κ3) is 2.43. The summed E-state index contributed by atoms with van der Waals surface area (Å²) in [6, 6.07) is -0.132. The predicted molar refractivity (Wildman–Crippen MR) is 55.2 cm³/mol. The summed E-state index contributed by atoms with van der Waals surface area (Å²) in [7, 11) is 0. The van der Waals surface area contributed by atoms with Crippen molar-refractivity contribution in [3.8, 4) is 0 Å². The molecule has 0 amide bonds. The number of rotatable bonds is 2. The highest BCUT2D eigenvalue weighted by molar-refractivity contribution is 5.06. The van der Waals surface area contributed by atoms with E-state index in [0.29, 0.717) is 18.3 Å². The minimum Gasteiger partial charge on any atom is -0.305 e. The SMILES string of the molecule is CC(C)CC1NCCn2c1nnc2C(F)(F)F. The van der Waals surface area contributed by atoms with Crippen LogP contribution in [0.15, 0.2) is 0 Å². The molecule has 1 unspecified atom stereocenters. The van der Waals surface area contributed by atoms with E-state index in [-0.39, 0.29) is 12.6 Å². The number of hydrogen-bond donors (Lipinski definition) is 1. The van der Waals surface area contributed by atoms with Crippen molar-refractivity contribution >= 4 is 0 Å². The summed E-state index contributed by atoms with van der Waals surface area (Å²) in [5, 5.41) is 10.1. The maximum Gasteiger partial charge on any atom is 0.451 e. The van der Waals surface area contributed by atoms with E-state index in [1.54, 1.807) is 0 Å². The Morgan fingerprint density at radius 1 is 1.41 bits per heavy atom. The first-order chi connectivity index (χ1) is 7.89. The Labute approximate surface area is 97.2 Å². The molecule has 2 rings (SSSR count). The van der Waals surface area contributed by atoms with Crippen LogP contribution in [0.1, 0.15) is 38.0 Å². The first-order valence-electron chi connectivity index (χ1n) is 5.63. The third-order valence-electron chi connectivity index (χ3n) is 2.78. The van der Waals surface area contributed by atoms with Gasteiger partial charge in [0.1, 0.15) is 0 Å². The summed E-state index contributed by atoms with van der Waals surface area (Å²) in [6.07, 6.45) is -3.67. The van der Waals surface area contributed by atoms with Gasteiger partial charge in [0.25, 0.3) is 0 Å². The van der Waals surface area contributed by atoms with Gasteiger partial charge in [-0.1, -0.05) is 13.8 Å². The lowest BCUT2D eigenvalue weighted by atomic mass is 10.0. The Morgan fingerprint density at radius 2 is 2.12 bits per heavy atom. The summed E-state index contributed by atoms with van der Waals surface area (Å²) in [5.74, 6) is -0.0925. The van der Waals surface area contributed by atoms with Crippen molar-refractivity contribution in [2.45, 2.75) is 39.0 Å². The fourth-order valence-corrected chi connectivity index (χ4v) is 2.11. The van der Waals surface area contributed by atoms with Crippen LogP contribution >= 0.6 is 0 Å². The maximum absolute atomic E-state index is 12.7. The van der Waals surface area contributed by atoms with E-state index in [1.807, 2.05) is 13.8 Å². The van der Waals surface area contributed by atoms with Gasteiger partial charge in [0.2, 0.25) is 5.82 Å². The number of alkyl halides is 3. The molecular formula is C10H15F3N4. The average molecular weight is 248 g/mol. The average Bonchev–Trinajstić information content (AvgIpc) is 2.60. The van der Waals surface area contributed by atoms with Gasteiger partial charge in [0.05, 0.1) is 6.04 Å². The van der Waals surface area contributed by atoms with Crippen molar-refractivity contribution < 1.29 is 13.2 Å². The second-order valence-electron chi connectivity index (χ2n) is 4.67. The number of nitrogens with one attached hydrogen (secondary N) is 1. The molecule has 0 aromatic carbocycles. The standard InChI is InChI=1S/C10H15F3N4/c1-6(2)5-7-8-15-16-9(10(11,12)13)17(8)4-3-14-7/h6-7,14H,3-5H2,1-2H3. The molecule has 2 heterocycles. The van der Waals surface area contributed by atoms with Gasteiger partial charge in [-0.2, -0.15) is 13.2 Å². The molecule has 0 saturated carbocycles. The molecule has 0 bridgehead atoms. The molecule has 1 aromatic rings. The fourth-order valence-electron chi connectivity index (χ4n) is 2.11. The highest BCUT2D eigenvalue weighted by Gasteiger charge is 2.40. The van der Waals surface area contributed by atoms with Gasteiger partial charge in [-0.15, -0.1) is 10.2 Å². The minimum absolute atomic E-state index is 0.132. The van der Waals surface area contributed by atoms with E-state index < -0.39 is 12.0 Å². The second-order valence-corrected chi connectivity index (χ2v) is 4.67. The lowest BCUT2D eigenvalue weighted by Gasteiger charge is -2.26. The first-order valence-corrected chi connectivity index (χ1v) is 5.63. The fraction of sp³-hybridized carbons (Fsp3) is 0.800. The Kier molecular flexibility index (Phi) is 3.11. The van der Waals surface area contributed by atoms with Crippen LogP contribution in [0.3, 0.4) is 0 Å². The molecule has 17 heavy (non-hydrogen) atoms. The van der Waals surface area contributed by atoms with Crippen LogP contribution in [0.4, 0.5) is 13.2 Å². The normalized spacial score (nSPS) is 20.7. The lowest BCUT2D eigenvalue weighted by Crippen LogP contribution is -2.35. The second kappa shape index (κ2) is 4.29. The third-order valence-corrected chi connectivity index (χ3v) is 2.78. The predicted octanol–water partition coefficient (Wildman–Crippen LogP) is 1.99. The minimum atomic E-state index is -4.43. The van der Waals surface area contributed by atoms with Crippen LogP contribution in [-0.2, 0) is 12.7 Å². The van der Waals surface area contributed by atoms with E-state index >= 15 is 0 Å². The van der Waals surface area contributed by atoms with Crippen LogP contribution in [0.5, 0.6) is 0 Å². The van der Waals surface area contributed by atoms with Gasteiger partial charge < -0.3 is 9.88 Å². The van der Waals surface area contributed by atoms with Crippen molar-refractivity contribution in [2.24, 2.45) is 5.92 Å². The van der Waals surface area contributed by atoms with Gasteiger partial charge in [-0.25, -0.2) is 0 Å². The van der Waals surface area contributed by atoms with Gasteiger partial charge >= 0.3 is 6.18 Å². The van der Waals surface area contributed by atoms with Crippen molar-refractivity contribution in [3.05, 3.63) is 11.6 Å². The molecule has 0 fully saturated rings. The van der Waals surface area contributed by atoms with Crippen LogP contribution in [0.2, 0.25) is 0 Å². The number of halogens is 3. The lowest BCUT2D eigenvalue weighted by molar-refractivity contribution is -0.147. The smallest absolute Gasteiger partial charge is 0.305 e. The zero-order valence-corrected chi connectivity index (χ0v) is 9.75. The van der Waals surface area contributed by atoms with Crippen molar-refractivity contribution in [1.29, 1.82) is 0 Å². The Bertz CT molecular complexity index is 397. The molecule has 0 spiro atoms.